The van der Waals surface area contributed by atoms with Crippen molar-refractivity contribution in [2.75, 3.05) is 0 Å². The van der Waals surface area contributed by atoms with E-state index in [9.17, 15) is 14.4 Å². The second kappa shape index (κ2) is 4.29. The lowest BCUT2D eigenvalue weighted by Crippen LogP contribution is -2.14. The molecule has 0 fully saturated rings. The molecule has 5 heteroatoms. The normalized spacial score (nSPS) is 10.2. The van der Waals surface area contributed by atoms with Crippen LogP contribution in [0.4, 0.5) is 0 Å². The van der Waals surface area contributed by atoms with Crippen molar-refractivity contribution >= 4 is 28.9 Å². The molecule has 0 bridgehead atoms. The third-order valence-electron chi connectivity index (χ3n) is 2.73. The summed E-state index contributed by atoms with van der Waals surface area (Å²) >= 11 is 0. The van der Waals surface area contributed by atoms with Crippen molar-refractivity contribution in [1.29, 1.82) is 0 Å². The molecule has 0 atom stereocenters. The number of fused-ring (bicyclic) bond motifs is 1. The maximum absolute atomic E-state index is 11.2. The van der Waals surface area contributed by atoms with Crippen LogP contribution < -0.4 is 11.5 Å². The molecule has 2 aromatic rings. The molecular formula is C13H10N2O3. The van der Waals surface area contributed by atoms with Crippen LogP contribution in [-0.2, 0) is 0 Å². The van der Waals surface area contributed by atoms with E-state index in [1.807, 2.05) is 0 Å². The lowest BCUT2D eigenvalue weighted by molar-refractivity contribution is 0.0989. The van der Waals surface area contributed by atoms with Gasteiger partial charge in [-0.2, -0.15) is 0 Å². The first-order valence-electron chi connectivity index (χ1n) is 5.16. The Morgan fingerprint density at radius 3 is 2.28 bits per heavy atom. The number of carbonyl (C=O) groups is 3. The predicted molar refractivity (Wildman–Crippen MR) is 66.4 cm³/mol. The SMILES string of the molecule is NC(=O)c1ccc2c(C=O)c(C(N)=O)ccc2c1. The van der Waals surface area contributed by atoms with Gasteiger partial charge in [0.15, 0.2) is 6.29 Å². The van der Waals surface area contributed by atoms with Gasteiger partial charge in [-0.25, -0.2) is 0 Å². The number of hydrogen-bond acceptors (Lipinski definition) is 3. The lowest BCUT2D eigenvalue weighted by atomic mass is 9.97. The average molecular weight is 242 g/mol. The van der Waals surface area contributed by atoms with Crippen LogP contribution in [0.15, 0.2) is 30.3 Å². The van der Waals surface area contributed by atoms with Gasteiger partial charge in [0, 0.05) is 11.1 Å². The molecule has 18 heavy (non-hydrogen) atoms. The smallest absolute Gasteiger partial charge is 0.249 e. The van der Waals surface area contributed by atoms with E-state index < -0.39 is 11.8 Å². The summed E-state index contributed by atoms with van der Waals surface area (Å²) in [6.45, 7) is 0. The van der Waals surface area contributed by atoms with Crippen molar-refractivity contribution in [3.63, 3.8) is 0 Å². The highest BCUT2D eigenvalue weighted by molar-refractivity contribution is 6.10. The third kappa shape index (κ3) is 1.82. The Bertz CT molecular complexity index is 677. The zero-order chi connectivity index (χ0) is 13.3. The van der Waals surface area contributed by atoms with Gasteiger partial charge in [0.2, 0.25) is 11.8 Å². The summed E-state index contributed by atoms with van der Waals surface area (Å²) in [7, 11) is 0. The second-order valence-corrected chi connectivity index (χ2v) is 3.81. The van der Waals surface area contributed by atoms with E-state index in [-0.39, 0.29) is 11.1 Å². The zero-order valence-electron chi connectivity index (χ0n) is 9.34. The molecule has 0 aliphatic rings. The molecule has 0 aromatic heterocycles. The number of carbonyl (C=O) groups excluding carboxylic acids is 3. The molecule has 4 N–H and O–H groups in total. The van der Waals surface area contributed by atoms with Crippen LogP contribution in [-0.4, -0.2) is 18.1 Å². The Morgan fingerprint density at radius 1 is 1.00 bits per heavy atom. The van der Waals surface area contributed by atoms with Gasteiger partial charge in [-0.3, -0.25) is 14.4 Å². The first kappa shape index (κ1) is 11.8. The fourth-order valence-electron chi connectivity index (χ4n) is 1.85. The molecule has 0 saturated heterocycles. The molecule has 2 amide bonds. The Kier molecular flexibility index (Phi) is 2.81. The van der Waals surface area contributed by atoms with Gasteiger partial charge in [0.05, 0.1) is 5.56 Å². The topological polar surface area (TPSA) is 103 Å². The van der Waals surface area contributed by atoms with Crippen LogP contribution >= 0.6 is 0 Å². The maximum atomic E-state index is 11.2. The number of aldehydes is 1. The minimum absolute atomic E-state index is 0.157. The number of primary amides is 2. The minimum atomic E-state index is -0.669. The molecule has 0 aliphatic heterocycles. The van der Waals surface area contributed by atoms with Gasteiger partial charge in [-0.15, -0.1) is 0 Å². The highest BCUT2D eigenvalue weighted by Crippen LogP contribution is 2.22. The molecule has 0 aliphatic carbocycles. The second-order valence-electron chi connectivity index (χ2n) is 3.81. The van der Waals surface area contributed by atoms with Crippen LogP contribution in [0.3, 0.4) is 0 Å². The molecule has 0 radical (unpaired) electrons. The monoisotopic (exact) mass is 242 g/mol. The van der Waals surface area contributed by atoms with Crippen LogP contribution in [0.25, 0.3) is 10.8 Å². The van der Waals surface area contributed by atoms with Gasteiger partial charge in [-0.1, -0.05) is 12.1 Å². The number of nitrogens with two attached hydrogens (primary N) is 2. The highest BCUT2D eigenvalue weighted by Gasteiger charge is 2.12. The standard InChI is InChI=1S/C13H10N2O3/c14-12(17)8-2-3-9-7(5-8)1-4-10(13(15)18)11(9)6-16/h1-6H,(H2,14,17)(H2,15,18). The molecule has 0 spiro atoms. The van der Waals surface area contributed by atoms with Crippen LogP contribution in [0.1, 0.15) is 31.1 Å². The molecule has 5 nitrogen and oxygen atoms in total. The van der Waals surface area contributed by atoms with E-state index in [4.69, 9.17) is 11.5 Å². The first-order valence-corrected chi connectivity index (χ1v) is 5.16. The molecule has 0 heterocycles. The van der Waals surface area contributed by atoms with Crippen molar-refractivity contribution in [2.24, 2.45) is 11.5 Å². The first-order chi connectivity index (χ1) is 8.54. The van der Waals surface area contributed by atoms with Crippen molar-refractivity contribution in [1.82, 2.24) is 0 Å². The fourth-order valence-corrected chi connectivity index (χ4v) is 1.85. The van der Waals surface area contributed by atoms with E-state index in [1.165, 1.54) is 12.1 Å². The molecule has 0 unspecified atom stereocenters. The van der Waals surface area contributed by atoms with Gasteiger partial charge in [0.25, 0.3) is 0 Å². The Balaban J connectivity index is 2.79. The number of rotatable bonds is 3. The van der Waals surface area contributed by atoms with E-state index in [0.717, 1.165) is 0 Å². The number of benzene rings is 2. The number of hydrogen-bond donors (Lipinski definition) is 2. The molecule has 0 saturated carbocycles. The molecule has 2 aromatic carbocycles. The number of amides is 2. The minimum Gasteiger partial charge on any atom is -0.366 e. The summed E-state index contributed by atoms with van der Waals surface area (Å²) in [4.78, 5) is 33.3. The Morgan fingerprint density at radius 2 is 1.72 bits per heavy atom. The molecule has 2 rings (SSSR count). The largest absolute Gasteiger partial charge is 0.366 e. The Hall–Kier alpha value is -2.69. The summed E-state index contributed by atoms with van der Waals surface area (Å²) in [5.41, 5.74) is 11.1. The van der Waals surface area contributed by atoms with Crippen LogP contribution in [0.2, 0.25) is 0 Å². The van der Waals surface area contributed by atoms with Gasteiger partial charge >= 0.3 is 0 Å². The molecule has 90 valence electrons. The summed E-state index contributed by atoms with van der Waals surface area (Å²) in [6.07, 6.45) is 0.576. The lowest BCUT2D eigenvalue weighted by Gasteiger charge is -2.06. The summed E-state index contributed by atoms with van der Waals surface area (Å²) < 4.78 is 0. The highest BCUT2D eigenvalue weighted by atomic mass is 16.1. The zero-order valence-corrected chi connectivity index (χ0v) is 9.34. The van der Waals surface area contributed by atoms with E-state index >= 15 is 0 Å². The quantitative estimate of drug-likeness (QED) is 0.779. The Labute approximate surface area is 102 Å². The van der Waals surface area contributed by atoms with Crippen molar-refractivity contribution in [3.05, 3.63) is 47.0 Å². The van der Waals surface area contributed by atoms with Gasteiger partial charge in [0.1, 0.15) is 0 Å². The molecular weight excluding hydrogens is 232 g/mol. The third-order valence-corrected chi connectivity index (χ3v) is 2.73. The summed E-state index contributed by atoms with van der Waals surface area (Å²) in [5, 5.41) is 1.21. The maximum Gasteiger partial charge on any atom is 0.249 e. The van der Waals surface area contributed by atoms with Gasteiger partial charge in [-0.05, 0) is 29.0 Å². The van der Waals surface area contributed by atoms with Crippen LogP contribution in [0, 0.1) is 0 Å². The van der Waals surface area contributed by atoms with Crippen molar-refractivity contribution in [2.45, 2.75) is 0 Å². The van der Waals surface area contributed by atoms with E-state index in [1.54, 1.807) is 18.2 Å². The van der Waals surface area contributed by atoms with Crippen molar-refractivity contribution in [3.8, 4) is 0 Å². The van der Waals surface area contributed by atoms with Gasteiger partial charge < -0.3 is 11.5 Å². The fraction of sp³-hybridized carbons (Fsp3) is 0. The average Bonchev–Trinajstić information content (AvgIpc) is 2.36. The summed E-state index contributed by atoms with van der Waals surface area (Å²) in [5.74, 6) is -1.22. The van der Waals surface area contributed by atoms with Crippen LogP contribution in [0.5, 0.6) is 0 Å². The van der Waals surface area contributed by atoms with E-state index in [2.05, 4.69) is 0 Å². The summed E-state index contributed by atoms with van der Waals surface area (Å²) in [6, 6.07) is 7.72. The predicted octanol–water partition coefficient (Wildman–Crippen LogP) is 0.850. The van der Waals surface area contributed by atoms with E-state index in [0.29, 0.717) is 22.6 Å². The van der Waals surface area contributed by atoms with Crippen molar-refractivity contribution < 1.29 is 14.4 Å².